The highest BCUT2D eigenvalue weighted by molar-refractivity contribution is 5.49. The molecule has 2 aliphatic rings. The first-order chi connectivity index (χ1) is 7.26. The van der Waals surface area contributed by atoms with Gasteiger partial charge in [0.1, 0.15) is 0 Å². The first-order valence-electron chi connectivity index (χ1n) is 5.67. The highest BCUT2D eigenvalue weighted by atomic mass is 14.8. The van der Waals surface area contributed by atoms with Gasteiger partial charge in [-0.25, -0.2) is 0 Å². The summed E-state index contributed by atoms with van der Waals surface area (Å²) in [6.07, 6.45) is 15.8. The lowest BCUT2D eigenvalue weighted by molar-refractivity contribution is 0.513. The Morgan fingerprint density at radius 1 is 1.33 bits per heavy atom. The van der Waals surface area contributed by atoms with Crippen molar-refractivity contribution in [2.45, 2.75) is 19.8 Å². The average molecular weight is 201 g/mol. The number of hydrogen-bond donors (Lipinski definition) is 1. The van der Waals surface area contributed by atoms with Crippen LogP contribution in [0, 0.1) is 5.41 Å². The molecule has 1 atom stereocenters. The molecule has 0 bridgehead atoms. The molecule has 2 aliphatic carbocycles. The van der Waals surface area contributed by atoms with Crippen LogP contribution in [0.1, 0.15) is 19.8 Å². The maximum atomic E-state index is 3.21. The molecule has 15 heavy (non-hydrogen) atoms. The van der Waals surface area contributed by atoms with Gasteiger partial charge >= 0.3 is 0 Å². The standard InChI is InChI=1S/C14H19N/c1-14-9-4-3-7-13(14)12(6-5-10-14)8-11-15-2/h3-7,10,15H,8-9,11H2,1-2H3. The summed E-state index contributed by atoms with van der Waals surface area (Å²) in [5.74, 6) is 0. The molecule has 0 heterocycles. The molecule has 0 aromatic carbocycles. The van der Waals surface area contributed by atoms with Crippen molar-refractivity contribution in [2.24, 2.45) is 5.41 Å². The molecule has 0 aromatic rings. The summed E-state index contributed by atoms with van der Waals surface area (Å²) >= 11 is 0. The van der Waals surface area contributed by atoms with Crippen molar-refractivity contribution < 1.29 is 0 Å². The monoisotopic (exact) mass is 201 g/mol. The quantitative estimate of drug-likeness (QED) is 0.740. The molecular weight excluding hydrogens is 182 g/mol. The van der Waals surface area contributed by atoms with E-state index in [2.05, 4.69) is 48.7 Å². The Kier molecular flexibility index (Phi) is 2.92. The molecule has 80 valence electrons. The van der Waals surface area contributed by atoms with E-state index in [1.807, 2.05) is 7.05 Å². The Morgan fingerprint density at radius 3 is 3.00 bits per heavy atom. The van der Waals surface area contributed by atoms with Gasteiger partial charge in [0.15, 0.2) is 0 Å². The van der Waals surface area contributed by atoms with E-state index in [1.165, 1.54) is 11.1 Å². The Bertz CT molecular complexity index is 358. The van der Waals surface area contributed by atoms with Crippen LogP contribution in [0.15, 0.2) is 47.6 Å². The third-order valence-electron chi connectivity index (χ3n) is 3.31. The van der Waals surface area contributed by atoms with Crippen molar-refractivity contribution >= 4 is 0 Å². The molecule has 0 aliphatic heterocycles. The summed E-state index contributed by atoms with van der Waals surface area (Å²) in [5, 5.41) is 3.21. The fraction of sp³-hybridized carbons (Fsp3) is 0.429. The van der Waals surface area contributed by atoms with Crippen LogP contribution in [0.4, 0.5) is 0 Å². The van der Waals surface area contributed by atoms with Gasteiger partial charge in [-0.3, -0.25) is 0 Å². The second kappa shape index (κ2) is 4.19. The molecule has 0 amide bonds. The summed E-state index contributed by atoms with van der Waals surface area (Å²) in [6, 6.07) is 0. The summed E-state index contributed by atoms with van der Waals surface area (Å²) in [7, 11) is 2.01. The van der Waals surface area contributed by atoms with Gasteiger partial charge < -0.3 is 5.32 Å². The van der Waals surface area contributed by atoms with Crippen LogP contribution in [-0.2, 0) is 0 Å². The summed E-state index contributed by atoms with van der Waals surface area (Å²) < 4.78 is 0. The van der Waals surface area contributed by atoms with Crippen LogP contribution in [-0.4, -0.2) is 13.6 Å². The maximum Gasteiger partial charge on any atom is 0.0144 e. The van der Waals surface area contributed by atoms with Crippen LogP contribution < -0.4 is 5.32 Å². The zero-order valence-corrected chi connectivity index (χ0v) is 9.59. The van der Waals surface area contributed by atoms with Crippen LogP contribution in [0.3, 0.4) is 0 Å². The van der Waals surface area contributed by atoms with Gasteiger partial charge in [0.05, 0.1) is 0 Å². The Labute approximate surface area is 92.3 Å². The van der Waals surface area contributed by atoms with Crippen molar-refractivity contribution in [2.75, 3.05) is 13.6 Å². The summed E-state index contributed by atoms with van der Waals surface area (Å²) in [4.78, 5) is 0. The molecule has 0 fully saturated rings. The normalized spacial score (nSPS) is 28.4. The fourth-order valence-electron chi connectivity index (χ4n) is 2.35. The summed E-state index contributed by atoms with van der Waals surface area (Å²) in [6.45, 7) is 3.38. The van der Waals surface area contributed by atoms with Gasteiger partial charge in [-0.1, -0.05) is 43.4 Å². The van der Waals surface area contributed by atoms with Gasteiger partial charge in [-0.15, -0.1) is 0 Å². The largest absolute Gasteiger partial charge is 0.319 e. The van der Waals surface area contributed by atoms with Gasteiger partial charge in [0.2, 0.25) is 0 Å². The second-order valence-electron chi connectivity index (χ2n) is 4.53. The zero-order valence-electron chi connectivity index (χ0n) is 9.59. The third kappa shape index (κ3) is 1.98. The number of fused-ring (bicyclic) bond motifs is 1. The molecular formula is C14H19N. The Hall–Kier alpha value is -1.08. The predicted octanol–water partition coefficient (Wildman–Crippen LogP) is 2.98. The number of nitrogens with one attached hydrogen (secondary N) is 1. The van der Waals surface area contributed by atoms with Crippen LogP contribution >= 0.6 is 0 Å². The first-order valence-corrected chi connectivity index (χ1v) is 5.67. The SMILES string of the molecule is CNCCC1=CC=CC2(C)CC=CC=C12. The lowest BCUT2D eigenvalue weighted by Crippen LogP contribution is -2.22. The molecule has 1 unspecified atom stereocenters. The van der Waals surface area contributed by atoms with Gasteiger partial charge in [0, 0.05) is 5.41 Å². The van der Waals surface area contributed by atoms with Gasteiger partial charge in [-0.2, -0.15) is 0 Å². The number of hydrogen-bond acceptors (Lipinski definition) is 1. The van der Waals surface area contributed by atoms with E-state index in [0.717, 1.165) is 19.4 Å². The van der Waals surface area contributed by atoms with E-state index < -0.39 is 0 Å². The average Bonchev–Trinajstić information content (AvgIpc) is 2.25. The molecule has 1 N–H and O–H groups in total. The zero-order chi connectivity index (χ0) is 10.7. The molecule has 0 saturated heterocycles. The molecule has 0 aromatic heterocycles. The number of rotatable bonds is 3. The second-order valence-corrected chi connectivity index (χ2v) is 4.53. The molecule has 0 saturated carbocycles. The van der Waals surface area contributed by atoms with E-state index in [1.54, 1.807) is 0 Å². The Balaban J connectivity index is 2.24. The van der Waals surface area contributed by atoms with E-state index in [-0.39, 0.29) is 5.41 Å². The molecule has 2 rings (SSSR count). The van der Waals surface area contributed by atoms with E-state index in [9.17, 15) is 0 Å². The molecule has 1 heteroatoms. The molecule has 0 radical (unpaired) electrons. The first kappa shape index (κ1) is 10.4. The van der Waals surface area contributed by atoms with E-state index >= 15 is 0 Å². The topological polar surface area (TPSA) is 12.0 Å². The van der Waals surface area contributed by atoms with Gasteiger partial charge in [0.25, 0.3) is 0 Å². The third-order valence-corrected chi connectivity index (χ3v) is 3.31. The smallest absolute Gasteiger partial charge is 0.0144 e. The van der Waals surface area contributed by atoms with Crippen molar-refractivity contribution in [1.82, 2.24) is 5.32 Å². The van der Waals surface area contributed by atoms with Crippen LogP contribution in [0.5, 0.6) is 0 Å². The number of allylic oxidation sites excluding steroid dienone is 7. The molecule has 1 nitrogen and oxygen atoms in total. The van der Waals surface area contributed by atoms with Crippen molar-refractivity contribution in [3.63, 3.8) is 0 Å². The minimum Gasteiger partial charge on any atom is -0.319 e. The van der Waals surface area contributed by atoms with Crippen molar-refractivity contribution in [3.05, 3.63) is 47.6 Å². The van der Waals surface area contributed by atoms with Crippen LogP contribution in [0.25, 0.3) is 0 Å². The highest BCUT2D eigenvalue weighted by Gasteiger charge is 2.29. The van der Waals surface area contributed by atoms with Gasteiger partial charge in [-0.05, 0) is 37.6 Å². The van der Waals surface area contributed by atoms with Crippen LogP contribution in [0.2, 0.25) is 0 Å². The maximum absolute atomic E-state index is 3.21. The minimum absolute atomic E-state index is 0.243. The minimum atomic E-state index is 0.243. The lowest BCUT2D eigenvalue weighted by atomic mass is 9.70. The fourth-order valence-corrected chi connectivity index (χ4v) is 2.35. The molecule has 0 spiro atoms. The predicted molar refractivity (Wildman–Crippen MR) is 65.7 cm³/mol. The highest BCUT2D eigenvalue weighted by Crippen LogP contribution is 2.42. The van der Waals surface area contributed by atoms with Crippen molar-refractivity contribution in [3.8, 4) is 0 Å². The van der Waals surface area contributed by atoms with E-state index in [0.29, 0.717) is 0 Å². The summed E-state index contributed by atoms with van der Waals surface area (Å²) in [5.41, 5.74) is 3.23. The Morgan fingerprint density at radius 2 is 2.20 bits per heavy atom. The van der Waals surface area contributed by atoms with E-state index in [4.69, 9.17) is 0 Å². The lowest BCUT2D eigenvalue weighted by Gasteiger charge is -2.34. The van der Waals surface area contributed by atoms with Crippen molar-refractivity contribution in [1.29, 1.82) is 0 Å².